The molecule has 2 aromatic carbocycles. The molecule has 0 saturated heterocycles. The molecule has 0 bridgehead atoms. The molecule has 0 amide bonds. The molecule has 0 fully saturated rings. The van der Waals surface area contributed by atoms with E-state index in [1.54, 1.807) is 12.1 Å². The van der Waals surface area contributed by atoms with E-state index in [9.17, 15) is 0 Å². The molecule has 4 rings (SSSR count). The van der Waals surface area contributed by atoms with Gasteiger partial charge in [-0.05, 0) is 42.0 Å². The van der Waals surface area contributed by atoms with Gasteiger partial charge in [0.2, 0.25) is 0 Å². The second kappa shape index (κ2) is 10.3. The molecule has 0 aromatic heterocycles. The normalized spacial score (nSPS) is 17.3. The molecule has 140 valence electrons. The summed E-state index contributed by atoms with van der Waals surface area (Å²) in [5.41, 5.74) is 9.03. The summed E-state index contributed by atoms with van der Waals surface area (Å²) in [4.78, 5) is 0. The standard InChI is InChI=1S/C16H16N3OS.C5H5.Fe/c1-20-13-8-6-11(7-9-13)14-10-15(12-4-2-3-5-12)19(18-14)16(17)21;1-2-4-5-3-1;/h2-9,15H,10H2,1H3,(H2,17,21);1-5H;/q2*-1;+2. The summed E-state index contributed by atoms with van der Waals surface area (Å²) in [5, 5.41) is 6.62. The van der Waals surface area contributed by atoms with E-state index in [2.05, 4.69) is 17.2 Å². The van der Waals surface area contributed by atoms with E-state index in [4.69, 9.17) is 22.7 Å². The number of rotatable bonds is 3. The van der Waals surface area contributed by atoms with Gasteiger partial charge in [0, 0.05) is 6.42 Å². The Balaban J connectivity index is 0.000000379. The van der Waals surface area contributed by atoms with Crippen molar-refractivity contribution in [2.75, 3.05) is 7.11 Å². The average molecular weight is 419 g/mol. The van der Waals surface area contributed by atoms with Gasteiger partial charge in [0.1, 0.15) is 5.75 Å². The third-order valence-corrected chi connectivity index (χ3v) is 4.38. The molecule has 0 saturated carbocycles. The smallest absolute Gasteiger partial charge is 0.497 e. The molecule has 2 radical (unpaired) electrons. The van der Waals surface area contributed by atoms with Gasteiger partial charge in [-0.3, -0.25) is 0 Å². The Morgan fingerprint density at radius 2 is 2.07 bits per heavy atom. The predicted molar refractivity (Wildman–Crippen MR) is 110 cm³/mol. The summed E-state index contributed by atoms with van der Waals surface area (Å²) in [7, 11) is 1.65. The van der Waals surface area contributed by atoms with Crippen LogP contribution in [0, 0.1) is 19.3 Å². The molecule has 2 aromatic rings. The van der Waals surface area contributed by atoms with Crippen LogP contribution >= 0.6 is 12.2 Å². The SMILES string of the molecule is COc1ccc(C2=NN(C(N)=S)C(c3ccc[cH-]3)C2)cc1.[CH]1[CH][CH-]C=C1.[Fe+2]. The molecule has 2 N–H and O–H groups in total. The largest absolute Gasteiger partial charge is 2.00 e. The van der Waals surface area contributed by atoms with Gasteiger partial charge in [-0.15, -0.1) is 18.4 Å². The predicted octanol–water partition coefficient (Wildman–Crippen LogP) is 3.98. The van der Waals surface area contributed by atoms with E-state index in [1.165, 1.54) is 5.56 Å². The van der Waals surface area contributed by atoms with Gasteiger partial charge < -0.3 is 10.5 Å². The Bertz CT molecular complexity index is 778. The van der Waals surface area contributed by atoms with Crippen molar-refractivity contribution < 1.29 is 21.8 Å². The van der Waals surface area contributed by atoms with E-state index < -0.39 is 0 Å². The van der Waals surface area contributed by atoms with Crippen molar-refractivity contribution in [2.24, 2.45) is 10.8 Å². The van der Waals surface area contributed by atoms with Crippen LogP contribution in [-0.4, -0.2) is 22.9 Å². The molecule has 1 unspecified atom stereocenters. The van der Waals surface area contributed by atoms with Crippen molar-refractivity contribution in [3.63, 3.8) is 0 Å². The molecule has 1 aliphatic heterocycles. The zero-order chi connectivity index (χ0) is 18.4. The molecule has 6 heteroatoms. The van der Waals surface area contributed by atoms with Crippen molar-refractivity contribution in [3.8, 4) is 5.75 Å². The minimum Gasteiger partial charge on any atom is -0.497 e. The molecule has 2 aliphatic rings. The minimum absolute atomic E-state index is 0. The topological polar surface area (TPSA) is 50.8 Å². The Morgan fingerprint density at radius 1 is 1.30 bits per heavy atom. The second-order valence-electron chi connectivity index (χ2n) is 5.86. The molecule has 27 heavy (non-hydrogen) atoms. The van der Waals surface area contributed by atoms with Crippen LogP contribution in [0.25, 0.3) is 0 Å². The summed E-state index contributed by atoms with van der Waals surface area (Å²) in [6, 6.07) is 16.1. The van der Waals surface area contributed by atoms with Crippen LogP contribution in [0.5, 0.6) is 5.75 Å². The van der Waals surface area contributed by atoms with E-state index in [1.807, 2.05) is 67.8 Å². The molecule has 1 atom stereocenters. The first-order chi connectivity index (χ1) is 12.7. The maximum atomic E-state index is 5.81. The summed E-state index contributed by atoms with van der Waals surface area (Å²) >= 11 is 5.13. The average Bonchev–Trinajstić information content (AvgIpc) is 3.44. The first kappa shape index (κ1) is 21.2. The summed E-state index contributed by atoms with van der Waals surface area (Å²) in [6.45, 7) is 0. The summed E-state index contributed by atoms with van der Waals surface area (Å²) < 4.78 is 5.18. The van der Waals surface area contributed by atoms with Crippen LogP contribution in [0.1, 0.15) is 23.6 Å². The van der Waals surface area contributed by atoms with Crippen molar-refractivity contribution in [3.05, 3.63) is 91.1 Å². The van der Waals surface area contributed by atoms with Crippen LogP contribution in [0.2, 0.25) is 0 Å². The number of thiocarbonyl (C=S) groups is 1. The first-order valence-corrected chi connectivity index (χ1v) is 8.78. The van der Waals surface area contributed by atoms with Crippen LogP contribution in [0.4, 0.5) is 0 Å². The van der Waals surface area contributed by atoms with Crippen molar-refractivity contribution in [1.29, 1.82) is 0 Å². The van der Waals surface area contributed by atoms with Crippen molar-refractivity contribution in [2.45, 2.75) is 12.5 Å². The molecule has 1 heterocycles. The van der Waals surface area contributed by atoms with Crippen molar-refractivity contribution >= 4 is 23.0 Å². The Kier molecular flexibility index (Phi) is 8.04. The third kappa shape index (κ3) is 5.42. The number of hydrogen-bond acceptors (Lipinski definition) is 3. The van der Waals surface area contributed by atoms with Gasteiger partial charge in [-0.2, -0.15) is 17.2 Å². The van der Waals surface area contributed by atoms with E-state index in [-0.39, 0.29) is 23.1 Å². The van der Waals surface area contributed by atoms with Gasteiger partial charge in [-0.1, -0.05) is 0 Å². The van der Waals surface area contributed by atoms with Crippen LogP contribution in [0.3, 0.4) is 0 Å². The molecule has 0 spiro atoms. The Morgan fingerprint density at radius 3 is 2.56 bits per heavy atom. The minimum atomic E-state index is 0. The van der Waals surface area contributed by atoms with Crippen LogP contribution in [0.15, 0.2) is 65.8 Å². The zero-order valence-electron chi connectivity index (χ0n) is 14.9. The number of allylic oxidation sites excluding steroid dienone is 2. The molecular weight excluding hydrogens is 398 g/mol. The van der Waals surface area contributed by atoms with E-state index in [0.717, 1.165) is 23.4 Å². The fourth-order valence-corrected chi connectivity index (χ4v) is 3.03. The van der Waals surface area contributed by atoms with Gasteiger partial charge in [0.05, 0.1) is 18.9 Å². The number of nitrogens with zero attached hydrogens (tertiary/aromatic N) is 2. The number of ether oxygens (including phenoxy) is 1. The summed E-state index contributed by atoms with van der Waals surface area (Å²) in [5.74, 6) is 0.830. The fourth-order valence-electron chi connectivity index (χ4n) is 2.86. The van der Waals surface area contributed by atoms with Crippen molar-refractivity contribution in [1.82, 2.24) is 5.01 Å². The Hall–Kier alpha value is -2.14. The van der Waals surface area contributed by atoms with Crippen LogP contribution < -0.4 is 10.5 Å². The van der Waals surface area contributed by atoms with Gasteiger partial charge in [0.25, 0.3) is 0 Å². The second-order valence-corrected chi connectivity index (χ2v) is 6.28. The summed E-state index contributed by atoms with van der Waals surface area (Å²) in [6.07, 6.45) is 10.8. The maximum Gasteiger partial charge on any atom is 2.00 e. The number of hydrogen-bond donors (Lipinski definition) is 1. The Labute approximate surface area is 176 Å². The monoisotopic (exact) mass is 419 g/mol. The molecular formula is C21H21FeN3OS. The number of nitrogens with two attached hydrogens (primary N) is 1. The van der Waals surface area contributed by atoms with Gasteiger partial charge in [0.15, 0.2) is 5.11 Å². The van der Waals surface area contributed by atoms with Gasteiger partial charge in [-0.25, -0.2) is 35.7 Å². The van der Waals surface area contributed by atoms with E-state index >= 15 is 0 Å². The number of hydrazone groups is 1. The van der Waals surface area contributed by atoms with Gasteiger partial charge >= 0.3 is 17.1 Å². The number of benzene rings is 1. The zero-order valence-corrected chi connectivity index (χ0v) is 16.9. The fraction of sp³-hybridized carbons (Fsp3) is 0.143. The first-order valence-electron chi connectivity index (χ1n) is 8.38. The maximum absolute atomic E-state index is 5.81. The third-order valence-electron chi connectivity index (χ3n) is 4.19. The van der Waals surface area contributed by atoms with Crippen LogP contribution in [-0.2, 0) is 17.1 Å². The quantitative estimate of drug-likeness (QED) is 0.465. The number of methoxy groups -OCH3 is 1. The van der Waals surface area contributed by atoms with E-state index in [0.29, 0.717) is 5.11 Å². The molecule has 1 aliphatic carbocycles. The molecule has 4 nitrogen and oxygen atoms in total.